The summed E-state index contributed by atoms with van der Waals surface area (Å²) in [4.78, 5) is 9.96. The Labute approximate surface area is 189 Å². The highest BCUT2D eigenvalue weighted by Crippen LogP contribution is 2.18. The fraction of sp³-hybridized carbons (Fsp3) is 0.952. The largest absolute Gasteiger partial charge is 0.382 e. The zero-order chi connectivity index (χ0) is 19.3. The van der Waals surface area contributed by atoms with Gasteiger partial charge in [0.2, 0.25) is 0 Å². The third-order valence-electron chi connectivity index (χ3n) is 5.76. The number of hydrogen-bond acceptors (Lipinski definition) is 4. The lowest BCUT2D eigenvalue weighted by atomic mass is 10.0. The van der Waals surface area contributed by atoms with E-state index >= 15 is 0 Å². The van der Waals surface area contributed by atoms with Crippen LogP contribution in [0.2, 0.25) is 0 Å². The maximum absolute atomic E-state index is 5.71. The molecule has 2 rings (SSSR count). The summed E-state index contributed by atoms with van der Waals surface area (Å²) in [7, 11) is 1.72. The minimum Gasteiger partial charge on any atom is -0.382 e. The number of halogens is 1. The molecular weight excluding hydrogens is 467 g/mol. The number of unbranched alkanes of at least 4 members (excludes halogenated alkanes) is 1. The molecule has 0 aromatic heterocycles. The van der Waals surface area contributed by atoms with Gasteiger partial charge in [0.25, 0.3) is 0 Å². The average molecular weight is 511 g/mol. The standard InChI is InChI=1S/C21H42N4O2.HI/c1-4-22-21(25-14-10-20(17-25)18-27-16-15-26-3)23-11-6-8-13-24-12-7-5-9-19(24)2;/h19-20H,4-18H2,1-3H3,(H,22,23);1H. The monoisotopic (exact) mass is 510 g/mol. The van der Waals surface area contributed by atoms with Gasteiger partial charge in [-0.3, -0.25) is 4.99 Å². The zero-order valence-corrected chi connectivity index (χ0v) is 20.7. The van der Waals surface area contributed by atoms with Crippen molar-refractivity contribution < 1.29 is 9.47 Å². The Morgan fingerprint density at radius 1 is 1.14 bits per heavy atom. The Morgan fingerprint density at radius 3 is 2.75 bits per heavy atom. The molecule has 28 heavy (non-hydrogen) atoms. The molecule has 2 atom stereocenters. The van der Waals surface area contributed by atoms with Gasteiger partial charge in [-0.1, -0.05) is 6.42 Å². The van der Waals surface area contributed by atoms with E-state index < -0.39 is 0 Å². The van der Waals surface area contributed by atoms with Gasteiger partial charge in [0, 0.05) is 45.2 Å². The van der Waals surface area contributed by atoms with Crippen LogP contribution in [0.25, 0.3) is 0 Å². The number of methoxy groups -OCH3 is 1. The van der Waals surface area contributed by atoms with Crippen LogP contribution in [0.4, 0.5) is 0 Å². The highest BCUT2D eigenvalue weighted by atomic mass is 127. The van der Waals surface area contributed by atoms with Crippen molar-refractivity contribution in [1.29, 1.82) is 0 Å². The van der Waals surface area contributed by atoms with E-state index in [1.165, 1.54) is 51.6 Å². The molecule has 6 nitrogen and oxygen atoms in total. The molecule has 2 fully saturated rings. The molecule has 2 heterocycles. The highest BCUT2D eigenvalue weighted by Gasteiger charge is 2.25. The molecule has 0 radical (unpaired) electrons. The average Bonchev–Trinajstić information content (AvgIpc) is 3.14. The minimum atomic E-state index is 0. The van der Waals surface area contributed by atoms with Gasteiger partial charge in [-0.05, 0) is 59.0 Å². The van der Waals surface area contributed by atoms with Crippen molar-refractivity contribution in [3.8, 4) is 0 Å². The van der Waals surface area contributed by atoms with Crippen molar-refractivity contribution in [3.63, 3.8) is 0 Å². The Morgan fingerprint density at radius 2 is 2.00 bits per heavy atom. The van der Waals surface area contributed by atoms with Crippen LogP contribution >= 0.6 is 24.0 Å². The first kappa shape index (κ1) is 25.9. The lowest BCUT2D eigenvalue weighted by Gasteiger charge is -2.33. The van der Waals surface area contributed by atoms with Gasteiger partial charge in [-0.15, -0.1) is 24.0 Å². The van der Waals surface area contributed by atoms with Crippen LogP contribution in [0.3, 0.4) is 0 Å². The second-order valence-electron chi connectivity index (χ2n) is 7.99. The molecule has 0 spiro atoms. The maximum Gasteiger partial charge on any atom is 0.193 e. The van der Waals surface area contributed by atoms with Gasteiger partial charge in [0.05, 0.1) is 19.8 Å². The van der Waals surface area contributed by atoms with Crippen molar-refractivity contribution in [2.75, 3.05) is 66.2 Å². The van der Waals surface area contributed by atoms with Crippen molar-refractivity contribution in [3.05, 3.63) is 0 Å². The van der Waals surface area contributed by atoms with Gasteiger partial charge >= 0.3 is 0 Å². The topological polar surface area (TPSA) is 49.3 Å². The van der Waals surface area contributed by atoms with E-state index in [0.29, 0.717) is 19.1 Å². The van der Waals surface area contributed by atoms with E-state index in [1.54, 1.807) is 7.11 Å². The Bertz CT molecular complexity index is 425. The van der Waals surface area contributed by atoms with Gasteiger partial charge in [0.15, 0.2) is 5.96 Å². The Balaban J connectivity index is 0.00000392. The molecule has 2 aliphatic rings. The van der Waals surface area contributed by atoms with Crippen LogP contribution in [0.1, 0.15) is 52.4 Å². The zero-order valence-electron chi connectivity index (χ0n) is 18.3. The van der Waals surface area contributed by atoms with Crippen LogP contribution in [0.5, 0.6) is 0 Å². The van der Waals surface area contributed by atoms with E-state index in [-0.39, 0.29) is 24.0 Å². The summed E-state index contributed by atoms with van der Waals surface area (Å²) >= 11 is 0. The maximum atomic E-state index is 5.71. The smallest absolute Gasteiger partial charge is 0.193 e. The molecule has 0 aromatic carbocycles. The summed E-state index contributed by atoms with van der Waals surface area (Å²) < 4.78 is 10.7. The Hall–Kier alpha value is -0.120. The van der Waals surface area contributed by atoms with Crippen LogP contribution in [0.15, 0.2) is 4.99 Å². The molecule has 0 saturated carbocycles. The van der Waals surface area contributed by atoms with Crippen LogP contribution in [-0.4, -0.2) is 88.0 Å². The fourth-order valence-corrected chi connectivity index (χ4v) is 4.08. The van der Waals surface area contributed by atoms with Crippen LogP contribution < -0.4 is 5.32 Å². The second kappa shape index (κ2) is 15.7. The molecule has 0 amide bonds. The number of ether oxygens (including phenoxy) is 2. The molecule has 7 heteroatoms. The van der Waals surface area contributed by atoms with Crippen LogP contribution in [-0.2, 0) is 9.47 Å². The van der Waals surface area contributed by atoms with E-state index in [1.807, 2.05) is 0 Å². The first-order valence-corrected chi connectivity index (χ1v) is 11.1. The summed E-state index contributed by atoms with van der Waals surface area (Å²) in [6, 6.07) is 0.771. The summed E-state index contributed by atoms with van der Waals surface area (Å²) in [5.74, 6) is 1.69. The fourth-order valence-electron chi connectivity index (χ4n) is 4.08. The van der Waals surface area contributed by atoms with Gasteiger partial charge < -0.3 is 24.6 Å². The molecule has 2 saturated heterocycles. The quantitative estimate of drug-likeness (QED) is 0.200. The number of nitrogens with zero attached hydrogens (tertiary/aromatic N) is 3. The van der Waals surface area contributed by atoms with E-state index in [2.05, 4.69) is 29.0 Å². The van der Waals surface area contributed by atoms with Crippen molar-refractivity contribution in [2.24, 2.45) is 10.9 Å². The first-order valence-electron chi connectivity index (χ1n) is 11.1. The van der Waals surface area contributed by atoms with E-state index in [0.717, 1.165) is 44.8 Å². The second-order valence-corrected chi connectivity index (χ2v) is 7.99. The summed E-state index contributed by atoms with van der Waals surface area (Å²) in [5, 5.41) is 3.47. The summed E-state index contributed by atoms with van der Waals surface area (Å²) in [5.41, 5.74) is 0. The number of aliphatic imine (C=N–C) groups is 1. The molecule has 166 valence electrons. The third kappa shape index (κ3) is 9.59. The SMILES string of the molecule is CCNC(=NCCCCN1CCCCC1C)N1CCC(COCCOC)C1.I. The van der Waals surface area contributed by atoms with Crippen molar-refractivity contribution in [2.45, 2.75) is 58.4 Å². The summed E-state index contributed by atoms with van der Waals surface area (Å²) in [6.45, 7) is 13.2. The Kier molecular flexibility index (Phi) is 14.5. The minimum absolute atomic E-state index is 0. The molecule has 0 bridgehead atoms. The molecular formula is C21H43IN4O2. The predicted octanol–water partition coefficient (Wildman–Crippen LogP) is 3.21. The normalized spacial score (nSPS) is 23.7. The number of likely N-dealkylation sites (tertiary alicyclic amines) is 2. The first-order chi connectivity index (χ1) is 13.2. The van der Waals surface area contributed by atoms with Crippen LogP contribution in [0, 0.1) is 5.92 Å². The summed E-state index contributed by atoms with van der Waals surface area (Å²) in [6.07, 6.45) is 7.76. The molecule has 1 N–H and O–H groups in total. The van der Waals surface area contributed by atoms with Gasteiger partial charge in [0.1, 0.15) is 0 Å². The van der Waals surface area contributed by atoms with E-state index in [9.17, 15) is 0 Å². The van der Waals surface area contributed by atoms with Gasteiger partial charge in [-0.25, -0.2) is 0 Å². The lowest BCUT2D eigenvalue weighted by molar-refractivity contribution is 0.0536. The number of guanidine groups is 1. The number of hydrogen-bond donors (Lipinski definition) is 1. The third-order valence-corrected chi connectivity index (χ3v) is 5.76. The highest BCUT2D eigenvalue weighted by molar-refractivity contribution is 14.0. The van der Waals surface area contributed by atoms with Crippen molar-refractivity contribution >= 4 is 29.9 Å². The lowest BCUT2D eigenvalue weighted by Crippen LogP contribution is -2.40. The molecule has 2 unspecified atom stereocenters. The number of nitrogens with one attached hydrogen (secondary N) is 1. The van der Waals surface area contributed by atoms with Gasteiger partial charge in [-0.2, -0.15) is 0 Å². The van der Waals surface area contributed by atoms with E-state index in [4.69, 9.17) is 14.5 Å². The van der Waals surface area contributed by atoms with Crippen molar-refractivity contribution in [1.82, 2.24) is 15.1 Å². The number of piperidine rings is 1. The predicted molar refractivity (Wildman–Crippen MR) is 128 cm³/mol. The molecule has 0 aliphatic carbocycles. The molecule has 2 aliphatic heterocycles. The molecule has 0 aromatic rings. The number of rotatable bonds is 11.